The highest BCUT2D eigenvalue weighted by Gasteiger charge is 2.29. The quantitative estimate of drug-likeness (QED) is 0.0948. The van der Waals surface area contributed by atoms with E-state index in [9.17, 15) is 29.4 Å². The second-order valence-electron chi connectivity index (χ2n) is 7.65. The predicted octanol–water partition coefficient (Wildman–Crippen LogP) is -2.15. The first-order valence-electron chi connectivity index (χ1n) is 10.7. The van der Waals surface area contributed by atoms with Gasteiger partial charge in [-0.15, -0.1) is 0 Å². The highest BCUT2D eigenvalue weighted by molar-refractivity contribution is 7.80. The van der Waals surface area contributed by atoms with E-state index in [4.69, 9.17) is 16.6 Å². The van der Waals surface area contributed by atoms with Crippen LogP contribution in [0, 0.1) is 0 Å². The number of amides is 3. The van der Waals surface area contributed by atoms with Crippen LogP contribution >= 0.6 is 12.6 Å². The maximum atomic E-state index is 12.8. The molecule has 0 aliphatic heterocycles. The molecule has 0 fully saturated rings. The number of carboxylic acid groups (broad SMARTS) is 1. The number of aliphatic hydroxyl groups excluding tert-OH is 1. The van der Waals surface area contributed by atoms with E-state index >= 15 is 0 Å². The Hall–Kier alpha value is -2.87. The average molecular weight is 500 g/mol. The molecule has 0 radical (unpaired) electrons. The molecule has 13 heteroatoms. The molecular formula is C21H33N5O7S. The second-order valence-corrected chi connectivity index (χ2v) is 8.01. The highest BCUT2D eigenvalue weighted by atomic mass is 32.1. The molecule has 0 spiro atoms. The van der Waals surface area contributed by atoms with Crippen molar-refractivity contribution in [2.75, 3.05) is 18.9 Å². The first-order valence-corrected chi connectivity index (χ1v) is 11.3. The number of nitrogens with one attached hydrogen (secondary N) is 3. The molecule has 3 amide bonds. The third kappa shape index (κ3) is 9.95. The van der Waals surface area contributed by atoms with E-state index < -0.39 is 54.5 Å². The average Bonchev–Trinajstić information content (AvgIpc) is 2.81. The number of nitrogens with two attached hydrogens (primary N) is 2. The second kappa shape index (κ2) is 15.1. The Labute approximate surface area is 202 Å². The van der Waals surface area contributed by atoms with Gasteiger partial charge in [-0.25, -0.2) is 4.79 Å². The van der Waals surface area contributed by atoms with Crippen LogP contribution in [0.3, 0.4) is 0 Å². The Bertz CT molecular complexity index is 824. The number of phenolic OH excluding ortho intramolecular Hbond substituents is 1. The Morgan fingerprint density at radius 3 is 2.00 bits per heavy atom. The smallest absolute Gasteiger partial charge is 0.328 e. The number of phenols is 1. The van der Waals surface area contributed by atoms with Gasteiger partial charge in [-0.2, -0.15) is 12.6 Å². The van der Waals surface area contributed by atoms with Crippen molar-refractivity contribution in [3.8, 4) is 5.75 Å². The van der Waals surface area contributed by atoms with Crippen molar-refractivity contribution in [2.24, 2.45) is 11.5 Å². The minimum absolute atomic E-state index is 0.000612. The molecule has 1 aromatic carbocycles. The molecule has 0 heterocycles. The van der Waals surface area contributed by atoms with Crippen LogP contribution in [0.4, 0.5) is 0 Å². The molecule has 12 nitrogen and oxygen atoms in total. The number of carbonyl (C=O) groups excluding carboxylic acids is 3. The van der Waals surface area contributed by atoms with E-state index in [0.717, 1.165) is 0 Å². The van der Waals surface area contributed by atoms with Crippen molar-refractivity contribution in [3.05, 3.63) is 29.8 Å². The topological polar surface area (TPSA) is 217 Å². The third-order valence-corrected chi connectivity index (χ3v) is 5.29. The molecule has 0 bridgehead atoms. The van der Waals surface area contributed by atoms with Crippen LogP contribution in [0.2, 0.25) is 0 Å². The lowest BCUT2D eigenvalue weighted by Gasteiger charge is -2.24. The van der Waals surface area contributed by atoms with Crippen LogP contribution in [-0.2, 0) is 25.6 Å². The maximum Gasteiger partial charge on any atom is 0.328 e. The zero-order valence-corrected chi connectivity index (χ0v) is 19.5. The van der Waals surface area contributed by atoms with E-state index in [-0.39, 0.29) is 17.9 Å². The summed E-state index contributed by atoms with van der Waals surface area (Å²) in [5.41, 5.74) is 11.8. The van der Waals surface area contributed by atoms with Gasteiger partial charge in [-0.1, -0.05) is 18.6 Å². The third-order valence-electron chi connectivity index (χ3n) is 4.93. The summed E-state index contributed by atoms with van der Waals surface area (Å²) >= 11 is 4.09. The minimum Gasteiger partial charge on any atom is -0.508 e. The van der Waals surface area contributed by atoms with Crippen molar-refractivity contribution in [1.82, 2.24) is 16.0 Å². The van der Waals surface area contributed by atoms with E-state index in [1.165, 1.54) is 24.3 Å². The normalized spacial score (nSPS) is 14.4. The van der Waals surface area contributed by atoms with Gasteiger partial charge in [0.05, 0.1) is 12.6 Å². The summed E-state index contributed by atoms with van der Waals surface area (Å²) in [6.45, 7) is -0.377. The molecule has 0 aromatic heterocycles. The van der Waals surface area contributed by atoms with Gasteiger partial charge >= 0.3 is 5.97 Å². The lowest BCUT2D eigenvalue weighted by molar-refractivity contribution is -0.143. The zero-order chi connectivity index (χ0) is 25.7. The fourth-order valence-electron chi connectivity index (χ4n) is 2.92. The number of thiol groups is 1. The number of hydrogen-bond donors (Lipinski definition) is 9. The van der Waals surface area contributed by atoms with Crippen molar-refractivity contribution in [2.45, 2.75) is 49.9 Å². The summed E-state index contributed by atoms with van der Waals surface area (Å²) in [6.07, 6.45) is 1.68. The van der Waals surface area contributed by atoms with Gasteiger partial charge in [0.25, 0.3) is 0 Å². The minimum atomic E-state index is -1.57. The summed E-state index contributed by atoms with van der Waals surface area (Å²) in [7, 11) is 0. The van der Waals surface area contributed by atoms with Gasteiger partial charge in [0.15, 0.2) is 0 Å². The number of aromatic hydroxyl groups is 1. The molecule has 0 saturated carbocycles. The maximum absolute atomic E-state index is 12.8. The molecule has 190 valence electrons. The van der Waals surface area contributed by atoms with Gasteiger partial charge in [0.2, 0.25) is 17.7 Å². The van der Waals surface area contributed by atoms with Crippen LogP contribution in [0.25, 0.3) is 0 Å². The molecule has 10 N–H and O–H groups in total. The standard InChI is InChI=1S/C21H33N5O7S/c22-8-2-1-3-14(23)18(29)26-17(11-34)20(31)24-15(9-12-4-6-13(28)7-5-12)19(30)25-16(10-27)21(32)33/h4-7,14-17,27-28,34H,1-3,8-11,22-23H2,(H,24,31)(H,25,30)(H,26,29)(H,32,33). The Kier molecular flexibility index (Phi) is 13.0. The van der Waals surface area contributed by atoms with Gasteiger partial charge in [0, 0.05) is 12.2 Å². The Morgan fingerprint density at radius 1 is 0.912 bits per heavy atom. The number of hydrogen-bond acceptors (Lipinski definition) is 9. The van der Waals surface area contributed by atoms with Crippen molar-refractivity contribution in [3.63, 3.8) is 0 Å². The molecule has 1 aromatic rings. The van der Waals surface area contributed by atoms with Gasteiger partial charge in [0.1, 0.15) is 23.9 Å². The number of carboxylic acids is 1. The van der Waals surface area contributed by atoms with Crippen molar-refractivity contribution in [1.29, 1.82) is 0 Å². The predicted molar refractivity (Wildman–Crippen MR) is 127 cm³/mol. The molecular weight excluding hydrogens is 466 g/mol. The number of unbranched alkanes of at least 4 members (excludes halogenated alkanes) is 1. The zero-order valence-electron chi connectivity index (χ0n) is 18.6. The lowest BCUT2D eigenvalue weighted by Crippen LogP contribution is -2.58. The first kappa shape index (κ1) is 29.2. The number of aliphatic hydroxyl groups is 1. The molecule has 0 aliphatic rings. The van der Waals surface area contributed by atoms with Crippen LogP contribution in [0.15, 0.2) is 24.3 Å². The summed E-state index contributed by atoms with van der Waals surface area (Å²) < 4.78 is 0. The SMILES string of the molecule is NCCCCC(N)C(=O)NC(CS)C(=O)NC(Cc1ccc(O)cc1)C(=O)NC(CO)C(=O)O. The number of aliphatic carboxylic acids is 1. The van der Waals surface area contributed by atoms with Crippen molar-refractivity contribution >= 4 is 36.3 Å². The molecule has 34 heavy (non-hydrogen) atoms. The van der Waals surface area contributed by atoms with Crippen molar-refractivity contribution < 1.29 is 34.5 Å². The van der Waals surface area contributed by atoms with Crippen LogP contribution in [-0.4, -0.2) is 82.1 Å². The van der Waals surface area contributed by atoms with Crippen LogP contribution in [0.1, 0.15) is 24.8 Å². The molecule has 1 rings (SSSR count). The van der Waals surface area contributed by atoms with Gasteiger partial charge < -0.3 is 42.7 Å². The Balaban J connectivity index is 2.94. The molecule has 0 saturated heterocycles. The van der Waals surface area contributed by atoms with Crippen LogP contribution in [0.5, 0.6) is 5.75 Å². The monoisotopic (exact) mass is 499 g/mol. The van der Waals surface area contributed by atoms with Gasteiger partial charge in [-0.3, -0.25) is 14.4 Å². The lowest BCUT2D eigenvalue weighted by atomic mass is 10.0. The number of carbonyl (C=O) groups is 4. The highest BCUT2D eigenvalue weighted by Crippen LogP contribution is 2.12. The Morgan fingerprint density at radius 2 is 1.47 bits per heavy atom. The van der Waals surface area contributed by atoms with E-state index in [2.05, 4.69) is 28.6 Å². The van der Waals surface area contributed by atoms with E-state index in [0.29, 0.717) is 31.4 Å². The fraction of sp³-hybridized carbons (Fsp3) is 0.524. The largest absolute Gasteiger partial charge is 0.508 e. The van der Waals surface area contributed by atoms with E-state index in [1.807, 2.05) is 0 Å². The summed E-state index contributed by atoms with van der Waals surface area (Å²) in [4.78, 5) is 49.1. The summed E-state index contributed by atoms with van der Waals surface area (Å²) in [5, 5.41) is 34.9. The molecule has 4 atom stereocenters. The summed E-state index contributed by atoms with van der Waals surface area (Å²) in [5.74, 6) is -3.68. The summed E-state index contributed by atoms with van der Waals surface area (Å²) in [6, 6.07) is 1.06. The molecule has 4 unspecified atom stereocenters. The van der Waals surface area contributed by atoms with E-state index in [1.54, 1.807) is 0 Å². The molecule has 0 aliphatic carbocycles. The fourth-order valence-corrected chi connectivity index (χ4v) is 3.18. The first-order chi connectivity index (χ1) is 16.1. The number of rotatable bonds is 15. The van der Waals surface area contributed by atoms with Gasteiger partial charge in [-0.05, 0) is 37.1 Å². The number of benzene rings is 1. The van der Waals surface area contributed by atoms with Crippen LogP contribution < -0.4 is 27.4 Å².